The van der Waals surface area contributed by atoms with E-state index < -0.39 is 5.91 Å². The van der Waals surface area contributed by atoms with Crippen LogP contribution in [0.4, 0.5) is 0 Å². The summed E-state index contributed by atoms with van der Waals surface area (Å²) >= 11 is 0. The molecule has 1 aromatic heterocycles. The number of amides is 2. The number of nitrogens with two attached hydrogens (primary N) is 1. The number of likely N-dealkylation sites (tertiary alicyclic amines) is 1. The Labute approximate surface area is 134 Å². The molecule has 0 bridgehead atoms. The average molecular weight is 312 g/mol. The van der Waals surface area contributed by atoms with Crippen LogP contribution in [0.3, 0.4) is 0 Å². The second kappa shape index (κ2) is 6.24. The fourth-order valence-electron chi connectivity index (χ4n) is 3.09. The van der Waals surface area contributed by atoms with E-state index in [0.717, 1.165) is 30.6 Å². The van der Waals surface area contributed by atoms with E-state index in [4.69, 9.17) is 5.73 Å². The Morgan fingerprint density at radius 3 is 2.96 bits per heavy atom. The molecule has 1 fully saturated rings. The smallest absolute Gasteiger partial charge is 0.274 e. The van der Waals surface area contributed by atoms with Crippen molar-refractivity contribution in [1.82, 2.24) is 14.9 Å². The van der Waals surface area contributed by atoms with Crippen LogP contribution in [-0.2, 0) is 6.42 Å². The molecule has 2 aromatic rings. The van der Waals surface area contributed by atoms with Crippen molar-refractivity contribution in [3.05, 3.63) is 53.1 Å². The average Bonchev–Trinajstić information content (AvgIpc) is 3.16. The molecule has 0 saturated carbocycles. The van der Waals surface area contributed by atoms with E-state index >= 15 is 0 Å². The Kier molecular flexibility index (Phi) is 4.14. The van der Waals surface area contributed by atoms with E-state index in [1.54, 1.807) is 12.4 Å². The number of carbonyl (C=O) groups excluding carboxylic acids is 2. The second-order valence-corrected chi connectivity index (χ2v) is 6.05. The fourth-order valence-corrected chi connectivity index (χ4v) is 3.09. The van der Waals surface area contributed by atoms with Crippen LogP contribution in [0.5, 0.6) is 0 Å². The minimum absolute atomic E-state index is 0.0165. The Morgan fingerprint density at radius 2 is 2.26 bits per heavy atom. The molecular weight excluding hydrogens is 292 g/mol. The van der Waals surface area contributed by atoms with Crippen LogP contribution in [0.25, 0.3) is 0 Å². The summed E-state index contributed by atoms with van der Waals surface area (Å²) in [6.45, 7) is 3.31. The Morgan fingerprint density at radius 1 is 1.43 bits per heavy atom. The minimum Gasteiger partial charge on any atom is -0.366 e. The molecule has 6 heteroatoms. The fraction of sp³-hybridized carbons (Fsp3) is 0.353. The van der Waals surface area contributed by atoms with Crippen molar-refractivity contribution in [3.63, 3.8) is 0 Å². The van der Waals surface area contributed by atoms with Crippen LogP contribution in [-0.4, -0.2) is 39.8 Å². The number of carbonyl (C=O) groups is 2. The van der Waals surface area contributed by atoms with Gasteiger partial charge in [0.2, 0.25) is 5.91 Å². The highest BCUT2D eigenvalue weighted by atomic mass is 16.2. The van der Waals surface area contributed by atoms with Crippen LogP contribution >= 0.6 is 0 Å². The van der Waals surface area contributed by atoms with Crippen LogP contribution in [0, 0.1) is 12.8 Å². The normalized spacial score (nSPS) is 17.4. The highest BCUT2D eigenvalue weighted by Crippen LogP contribution is 2.23. The van der Waals surface area contributed by atoms with E-state index in [2.05, 4.69) is 9.97 Å². The molecule has 0 spiro atoms. The first-order valence-corrected chi connectivity index (χ1v) is 7.72. The molecule has 6 nitrogen and oxygen atoms in total. The summed E-state index contributed by atoms with van der Waals surface area (Å²) in [5, 5.41) is 0. The zero-order valence-electron chi connectivity index (χ0n) is 13.1. The lowest BCUT2D eigenvalue weighted by atomic mass is 9.97. The summed E-state index contributed by atoms with van der Waals surface area (Å²) in [6, 6.07) is 7.40. The minimum atomic E-state index is -0.413. The zero-order chi connectivity index (χ0) is 16.4. The number of H-pyrrole nitrogens is 1. The molecule has 3 rings (SSSR count). The third kappa shape index (κ3) is 3.26. The van der Waals surface area contributed by atoms with Gasteiger partial charge in [0.15, 0.2) is 0 Å². The van der Waals surface area contributed by atoms with Gasteiger partial charge in [-0.25, -0.2) is 4.98 Å². The van der Waals surface area contributed by atoms with Crippen molar-refractivity contribution in [2.45, 2.75) is 19.8 Å². The van der Waals surface area contributed by atoms with E-state index in [9.17, 15) is 9.59 Å². The van der Waals surface area contributed by atoms with Crippen molar-refractivity contribution in [2.24, 2.45) is 11.7 Å². The molecule has 1 atom stereocenters. The van der Waals surface area contributed by atoms with Gasteiger partial charge in [0.25, 0.3) is 5.91 Å². The largest absolute Gasteiger partial charge is 0.366 e. The predicted octanol–water partition coefficient (Wildman–Crippen LogP) is 1.52. The summed E-state index contributed by atoms with van der Waals surface area (Å²) in [6.07, 6.45) is 3.34. The summed E-state index contributed by atoms with van der Waals surface area (Å²) in [7, 11) is 0. The van der Waals surface area contributed by atoms with Gasteiger partial charge in [-0.2, -0.15) is 0 Å². The monoisotopic (exact) mass is 312 g/mol. The summed E-state index contributed by atoms with van der Waals surface area (Å²) in [4.78, 5) is 32.6. The first-order chi connectivity index (χ1) is 11.0. The molecule has 2 amide bonds. The number of primary amides is 1. The summed E-state index contributed by atoms with van der Waals surface area (Å²) in [5.74, 6) is -0.0393. The van der Waals surface area contributed by atoms with Gasteiger partial charge in [-0.1, -0.05) is 12.1 Å². The molecule has 120 valence electrons. The molecule has 23 heavy (non-hydrogen) atoms. The summed E-state index contributed by atoms with van der Waals surface area (Å²) < 4.78 is 0. The molecule has 1 aliphatic heterocycles. The van der Waals surface area contributed by atoms with Crippen molar-refractivity contribution >= 4 is 11.8 Å². The first kappa shape index (κ1) is 15.3. The highest BCUT2D eigenvalue weighted by molar-refractivity contribution is 5.93. The number of hydrogen-bond acceptors (Lipinski definition) is 3. The second-order valence-electron chi connectivity index (χ2n) is 6.05. The maximum absolute atomic E-state index is 12.5. The van der Waals surface area contributed by atoms with Gasteiger partial charge in [-0.05, 0) is 43.4 Å². The van der Waals surface area contributed by atoms with Crippen LogP contribution < -0.4 is 5.73 Å². The molecule has 1 aromatic carbocycles. The molecule has 1 saturated heterocycles. The lowest BCUT2D eigenvalue weighted by molar-refractivity contribution is 0.0781. The lowest BCUT2D eigenvalue weighted by Crippen LogP contribution is -2.29. The van der Waals surface area contributed by atoms with Gasteiger partial charge in [-0.3, -0.25) is 9.59 Å². The Hall–Kier alpha value is -2.63. The number of aromatic amines is 1. The van der Waals surface area contributed by atoms with Crippen LogP contribution in [0.15, 0.2) is 30.6 Å². The van der Waals surface area contributed by atoms with Gasteiger partial charge >= 0.3 is 0 Å². The number of rotatable bonds is 4. The van der Waals surface area contributed by atoms with Crippen molar-refractivity contribution < 1.29 is 9.59 Å². The van der Waals surface area contributed by atoms with Crippen molar-refractivity contribution in [3.8, 4) is 0 Å². The Bertz CT molecular complexity index is 738. The number of benzene rings is 1. The molecule has 2 heterocycles. The summed E-state index contributed by atoms with van der Waals surface area (Å²) in [5.41, 5.74) is 8.23. The third-order valence-electron chi connectivity index (χ3n) is 4.34. The van der Waals surface area contributed by atoms with E-state index in [-0.39, 0.29) is 5.91 Å². The highest BCUT2D eigenvalue weighted by Gasteiger charge is 2.28. The van der Waals surface area contributed by atoms with Crippen LogP contribution in [0.1, 0.15) is 38.5 Å². The maximum Gasteiger partial charge on any atom is 0.274 e. The number of aryl methyl sites for hydroxylation is 1. The Balaban J connectivity index is 1.64. The maximum atomic E-state index is 12.5. The first-order valence-electron chi connectivity index (χ1n) is 7.72. The molecule has 1 unspecified atom stereocenters. The zero-order valence-corrected chi connectivity index (χ0v) is 13.1. The molecule has 0 aliphatic carbocycles. The van der Waals surface area contributed by atoms with Gasteiger partial charge in [0.05, 0.1) is 6.33 Å². The number of nitrogens with one attached hydrogen (secondary N) is 1. The molecule has 1 aliphatic rings. The van der Waals surface area contributed by atoms with E-state index in [1.807, 2.05) is 30.0 Å². The van der Waals surface area contributed by atoms with Gasteiger partial charge in [0, 0.05) is 24.3 Å². The SMILES string of the molecule is Cc1[nH]cnc1C(=O)N1CCC(Cc2cccc(C(N)=O)c2)C1. The van der Waals surface area contributed by atoms with Gasteiger partial charge in [-0.15, -0.1) is 0 Å². The van der Waals surface area contributed by atoms with E-state index in [0.29, 0.717) is 23.7 Å². The molecule has 0 radical (unpaired) electrons. The van der Waals surface area contributed by atoms with Crippen LogP contribution in [0.2, 0.25) is 0 Å². The van der Waals surface area contributed by atoms with Gasteiger partial charge < -0.3 is 15.6 Å². The van der Waals surface area contributed by atoms with E-state index in [1.165, 1.54) is 0 Å². The quantitative estimate of drug-likeness (QED) is 0.896. The lowest BCUT2D eigenvalue weighted by Gasteiger charge is -2.16. The number of aromatic nitrogens is 2. The molecule has 3 N–H and O–H groups in total. The number of nitrogens with zero attached hydrogens (tertiary/aromatic N) is 2. The predicted molar refractivity (Wildman–Crippen MR) is 86.0 cm³/mol. The number of imidazole rings is 1. The third-order valence-corrected chi connectivity index (χ3v) is 4.34. The van der Waals surface area contributed by atoms with Crippen molar-refractivity contribution in [2.75, 3.05) is 13.1 Å². The van der Waals surface area contributed by atoms with Crippen molar-refractivity contribution in [1.29, 1.82) is 0 Å². The standard InChI is InChI=1S/C17H20N4O2/c1-11-15(20-10-19-11)17(23)21-6-5-13(9-21)7-12-3-2-4-14(8-12)16(18)22/h2-4,8,10,13H,5-7,9H2,1H3,(H2,18,22)(H,19,20). The topological polar surface area (TPSA) is 92.1 Å². The number of hydrogen-bond donors (Lipinski definition) is 2. The van der Waals surface area contributed by atoms with Gasteiger partial charge in [0.1, 0.15) is 5.69 Å². The molecular formula is C17H20N4O2.